The number of hydrogen-bond donors (Lipinski definition) is 1. The van der Waals surface area contributed by atoms with Crippen LogP contribution in [0, 0.1) is 0 Å². The van der Waals surface area contributed by atoms with Crippen molar-refractivity contribution in [2.24, 2.45) is 5.73 Å². The monoisotopic (exact) mass is 414 g/mol. The van der Waals surface area contributed by atoms with Crippen molar-refractivity contribution in [3.05, 3.63) is 34.9 Å². The van der Waals surface area contributed by atoms with Gasteiger partial charge in [-0.05, 0) is 48.8 Å². The van der Waals surface area contributed by atoms with E-state index in [0.29, 0.717) is 12.5 Å². The first-order valence-electron chi connectivity index (χ1n) is 11.6. The Hall–Kier alpha value is -1.92. The first-order chi connectivity index (χ1) is 14.4. The molecule has 1 atom stereocenters. The Morgan fingerprint density at radius 3 is 2.17 bits per heavy atom. The standard InChI is InChI=1S/C24H38N4O2/c1-4-20-7-6-19(16-21(20)5-2)17-23(25)24(30)28-10-8-22(9-11-28)27-14-12-26(13-15-27)18(3)29/h6-7,16,22-23H,4-5,8-15,17,25H2,1-3H3/t23-/m1/s1. The molecule has 6 nitrogen and oxygen atoms in total. The third kappa shape index (κ3) is 5.41. The summed E-state index contributed by atoms with van der Waals surface area (Å²) in [4.78, 5) is 30.8. The summed E-state index contributed by atoms with van der Waals surface area (Å²) < 4.78 is 0. The first-order valence-corrected chi connectivity index (χ1v) is 11.6. The number of likely N-dealkylation sites (tertiary alicyclic amines) is 1. The lowest BCUT2D eigenvalue weighted by atomic mass is 9.96. The van der Waals surface area contributed by atoms with Gasteiger partial charge in [0, 0.05) is 52.2 Å². The fourth-order valence-corrected chi connectivity index (χ4v) is 4.91. The highest BCUT2D eigenvalue weighted by atomic mass is 16.2. The molecule has 6 heteroatoms. The van der Waals surface area contributed by atoms with Crippen LogP contribution in [-0.2, 0) is 28.9 Å². The van der Waals surface area contributed by atoms with Crippen LogP contribution in [0.15, 0.2) is 18.2 Å². The molecule has 0 spiro atoms. The molecule has 3 rings (SSSR count). The van der Waals surface area contributed by atoms with Crippen LogP contribution in [0.25, 0.3) is 0 Å². The van der Waals surface area contributed by atoms with Gasteiger partial charge in [0.2, 0.25) is 11.8 Å². The number of aryl methyl sites for hydroxylation is 2. The largest absolute Gasteiger partial charge is 0.341 e. The summed E-state index contributed by atoms with van der Waals surface area (Å²) in [6.45, 7) is 11.1. The van der Waals surface area contributed by atoms with Crippen LogP contribution in [-0.4, -0.2) is 77.9 Å². The molecule has 2 aliphatic heterocycles. The highest BCUT2D eigenvalue weighted by Crippen LogP contribution is 2.20. The van der Waals surface area contributed by atoms with E-state index in [-0.39, 0.29) is 11.8 Å². The molecule has 2 aliphatic rings. The Morgan fingerprint density at radius 1 is 0.967 bits per heavy atom. The molecule has 166 valence electrons. The molecule has 0 aromatic heterocycles. The van der Waals surface area contributed by atoms with Gasteiger partial charge < -0.3 is 15.5 Å². The lowest BCUT2D eigenvalue weighted by Crippen LogP contribution is -2.55. The molecular formula is C24H38N4O2. The van der Waals surface area contributed by atoms with Crippen LogP contribution < -0.4 is 5.73 Å². The zero-order valence-corrected chi connectivity index (χ0v) is 18.9. The van der Waals surface area contributed by atoms with E-state index in [1.54, 1.807) is 6.92 Å². The maximum absolute atomic E-state index is 12.9. The molecule has 30 heavy (non-hydrogen) atoms. The maximum atomic E-state index is 12.9. The minimum Gasteiger partial charge on any atom is -0.341 e. The van der Waals surface area contributed by atoms with Gasteiger partial charge in [0.15, 0.2) is 0 Å². The normalized spacial score (nSPS) is 19.7. The van der Waals surface area contributed by atoms with Crippen molar-refractivity contribution in [2.45, 2.75) is 65.0 Å². The van der Waals surface area contributed by atoms with Crippen LogP contribution in [0.2, 0.25) is 0 Å². The lowest BCUT2D eigenvalue weighted by molar-refractivity contribution is -0.135. The number of amides is 2. The van der Waals surface area contributed by atoms with Gasteiger partial charge in [-0.1, -0.05) is 32.0 Å². The minimum absolute atomic E-state index is 0.0764. The van der Waals surface area contributed by atoms with Crippen LogP contribution in [0.4, 0.5) is 0 Å². The van der Waals surface area contributed by atoms with E-state index in [9.17, 15) is 9.59 Å². The summed E-state index contributed by atoms with van der Waals surface area (Å²) in [6, 6.07) is 6.56. The van der Waals surface area contributed by atoms with Crippen molar-refractivity contribution in [1.29, 1.82) is 0 Å². The summed E-state index contributed by atoms with van der Waals surface area (Å²) in [5, 5.41) is 0. The second-order valence-electron chi connectivity index (χ2n) is 8.72. The predicted molar refractivity (Wildman–Crippen MR) is 120 cm³/mol. The van der Waals surface area contributed by atoms with Gasteiger partial charge in [-0.25, -0.2) is 0 Å². The number of carbonyl (C=O) groups is 2. The quantitative estimate of drug-likeness (QED) is 0.771. The fourth-order valence-electron chi connectivity index (χ4n) is 4.91. The van der Waals surface area contributed by atoms with E-state index in [0.717, 1.165) is 70.5 Å². The average Bonchev–Trinajstić information content (AvgIpc) is 2.78. The molecule has 2 fully saturated rings. The third-order valence-corrected chi connectivity index (χ3v) is 6.86. The van der Waals surface area contributed by atoms with E-state index >= 15 is 0 Å². The summed E-state index contributed by atoms with van der Waals surface area (Å²) in [5.41, 5.74) is 10.2. The summed E-state index contributed by atoms with van der Waals surface area (Å²) in [7, 11) is 0. The summed E-state index contributed by atoms with van der Waals surface area (Å²) in [6.07, 6.45) is 4.62. The number of benzene rings is 1. The summed E-state index contributed by atoms with van der Waals surface area (Å²) in [5.74, 6) is 0.243. The Balaban J connectivity index is 1.48. The summed E-state index contributed by atoms with van der Waals surface area (Å²) >= 11 is 0. The van der Waals surface area contributed by atoms with Gasteiger partial charge in [-0.15, -0.1) is 0 Å². The first kappa shape index (κ1) is 22.8. The lowest BCUT2D eigenvalue weighted by Gasteiger charge is -2.43. The molecule has 2 amide bonds. The van der Waals surface area contributed by atoms with Gasteiger partial charge in [0.25, 0.3) is 0 Å². The molecule has 0 bridgehead atoms. The third-order valence-electron chi connectivity index (χ3n) is 6.86. The zero-order chi connectivity index (χ0) is 21.7. The number of carbonyl (C=O) groups excluding carboxylic acids is 2. The van der Waals surface area contributed by atoms with E-state index in [1.807, 2.05) is 9.80 Å². The molecule has 2 saturated heterocycles. The number of nitrogens with zero attached hydrogens (tertiary/aromatic N) is 3. The van der Waals surface area contributed by atoms with Crippen LogP contribution in [0.3, 0.4) is 0 Å². The number of piperidine rings is 1. The van der Waals surface area contributed by atoms with Gasteiger partial charge in [0.05, 0.1) is 6.04 Å². The van der Waals surface area contributed by atoms with Crippen molar-refractivity contribution in [3.63, 3.8) is 0 Å². The van der Waals surface area contributed by atoms with E-state index < -0.39 is 6.04 Å². The predicted octanol–water partition coefficient (Wildman–Crippen LogP) is 1.84. The van der Waals surface area contributed by atoms with Crippen molar-refractivity contribution in [2.75, 3.05) is 39.3 Å². The van der Waals surface area contributed by atoms with Crippen molar-refractivity contribution >= 4 is 11.8 Å². The van der Waals surface area contributed by atoms with E-state index in [1.165, 1.54) is 11.1 Å². The van der Waals surface area contributed by atoms with Crippen LogP contribution >= 0.6 is 0 Å². The number of rotatable bonds is 6. The Kier molecular flexibility index (Phi) is 7.89. The van der Waals surface area contributed by atoms with Crippen molar-refractivity contribution < 1.29 is 9.59 Å². The molecule has 1 aromatic rings. The van der Waals surface area contributed by atoms with Gasteiger partial charge in [-0.2, -0.15) is 0 Å². The minimum atomic E-state index is -0.474. The van der Waals surface area contributed by atoms with Crippen LogP contribution in [0.5, 0.6) is 0 Å². The molecule has 0 saturated carbocycles. The highest BCUT2D eigenvalue weighted by molar-refractivity contribution is 5.82. The molecular weight excluding hydrogens is 376 g/mol. The molecule has 0 aliphatic carbocycles. The topological polar surface area (TPSA) is 69.9 Å². The smallest absolute Gasteiger partial charge is 0.239 e. The molecule has 0 unspecified atom stereocenters. The van der Waals surface area contributed by atoms with Crippen molar-refractivity contribution in [3.8, 4) is 0 Å². The molecule has 2 N–H and O–H groups in total. The number of hydrogen-bond acceptors (Lipinski definition) is 4. The van der Waals surface area contributed by atoms with Crippen LogP contribution in [0.1, 0.15) is 50.3 Å². The molecule has 0 radical (unpaired) electrons. The second-order valence-corrected chi connectivity index (χ2v) is 8.72. The van der Waals surface area contributed by atoms with Gasteiger partial charge in [0.1, 0.15) is 0 Å². The molecule has 1 aromatic carbocycles. The molecule has 2 heterocycles. The maximum Gasteiger partial charge on any atom is 0.239 e. The Bertz CT molecular complexity index is 735. The SMILES string of the molecule is CCc1ccc(C[C@@H](N)C(=O)N2CCC(N3CCN(C(C)=O)CC3)CC2)cc1CC. The average molecular weight is 415 g/mol. The second kappa shape index (κ2) is 10.4. The van der Waals surface area contributed by atoms with E-state index in [2.05, 4.69) is 36.9 Å². The van der Waals surface area contributed by atoms with Gasteiger partial charge >= 0.3 is 0 Å². The zero-order valence-electron chi connectivity index (χ0n) is 18.9. The van der Waals surface area contributed by atoms with E-state index in [4.69, 9.17) is 5.73 Å². The van der Waals surface area contributed by atoms with Crippen molar-refractivity contribution in [1.82, 2.24) is 14.7 Å². The highest BCUT2D eigenvalue weighted by Gasteiger charge is 2.31. The Labute approximate surface area is 181 Å². The fraction of sp³-hybridized carbons (Fsp3) is 0.667. The van der Waals surface area contributed by atoms with Gasteiger partial charge in [-0.3, -0.25) is 14.5 Å². The number of nitrogens with two attached hydrogens (primary N) is 1. The number of piperazine rings is 1. The Morgan fingerprint density at radius 2 is 1.60 bits per heavy atom.